The molecule has 0 heterocycles. The third-order valence-corrected chi connectivity index (χ3v) is 5.67. The largest absolute Gasteiger partial charge is 0.325 e. The summed E-state index contributed by atoms with van der Waals surface area (Å²) in [6.45, 7) is 1.42. The maximum absolute atomic E-state index is 12.4. The van der Waals surface area contributed by atoms with Crippen LogP contribution >= 0.6 is 11.8 Å². The standard InChI is InChI=1S/C17H19N3O4S2/c1-11(21)19-15-9-4-12(10-16(15)25-3)17(22)20-13-5-7-14(8-6-13)26(23,24)18-2/h4-10,18H,1-3H3,(H,19,21)(H,20,22). The summed E-state index contributed by atoms with van der Waals surface area (Å²) in [5, 5.41) is 5.43. The van der Waals surface area contributed by atoms with Gasteiger partial charge in [0, 0.05) is 23.1 Å². The molecule has 26 heavy (non-hydrogen) atoms. The van der Waals surface area contributed by atoms with E-state index in [1.165, 1.54) is 50.0 Å². The van der Waals surface area contributed by atoms with Gasteiger partial charge in [-0.25, -0.2) is 13.1 Å². The molecule has 0 saturated heterocycles. The third kappa shape index (κ3) is 4.84. The first kappa shape index (κ1) is 20.0. The van der Waals surface area contributed by atoms with Crippen LogP contribution in [0.4, 0.5) is 11.4 Å². The summed E-state index contributed by atoms with van der Waals surface area (Å²) in [5.74, 6) is -0.520. The highest BCUT2D eigenvalue weighted by Gasteiger charge is 2.13. The van der Waals surface area contributed by atoms with Gasteiger partial charge in [0.15, 0.2) is 0 Å². The van der Waals surface area contributed by atoms with Gasteiger partial charge in [-0.1, -0.05) is 0 Å². The number of carbonyl (C=O) groups is 2. The van der Waals surface area contributed by atoms with Gasteiger partial charge in [-0.3, -0.25) is 9.59 Å². The fraction of sp³-hybridized carbons (Fsp3) is 0.176. The molecule has 2 amide bonds. The topological polar surface area (TPSA) is 104 Å². The number of hydrogen-bond acceptors (Lipinski definition) is 5. The maximum Gasteiger partial charge on any atom is 0.255 e. The second kappa shape index (κ2) is 8.35. The van der Waals surface area contributed by atoms with E-state index in [0.29, 0.717) is 16.9 Å². The zero-order chi connectivity index (χ0) is 19.3. The van der Waals surface area contributed by atoms with Crippen LogP contribution in [0.1, 0.15) is 17.3 Å². The van der Waals surface area contributed by atoms with Crippen molar-refractivity contribution in [3.63, 3.8) is 0 Å². The monoisotopic (exact) mass is 393 g/mol. The van der Waals surface area contributed by atoms with Gasteiger partial charge in [-0.05, 0) is 55.8 Å². The molecule has 2 aromatic rings. The number of nitrogens with one attached hydrogen (secondary N) is 3. The molecule has 0 unspecified atom stereocenters. The molecule has 0 spiro atoms. The lowest BCUT2D eigenvalue weighted by atomic mass is 10.2. The third-order valence-electron chi connectivity index (χ3n) is 3.47. The lowest BCUT2D eigenvalue weighted by molar-refractivity contribution is -0.114. The number of anilines is 2. The lowest BCUT2D eigenvalue weighted by Gasteiger charge is -2.11. The van der Waals surface area contributed by atoms with E-state index in [-0.39, 0.29) is 16.7 Å². The van der Waals surface area contributed by atoms with Crippen LogP contribution in [0.25, 0.3) is 0 Å². The van der Waals surface area contributed by atoms with Gasteiger partial charge in [-0.15, -0.1) is 11.8 Å². The molecule has 2 aromatic carbocycles. The number of amides is 2. The normalized spacial score (nSPS) is 11.0. The number of benzene rings is 2. The van der Waals surface area contributed by atoms with E-state index in [2.05, 4.69) is 15.4 Å². The molecule has 9 heteroatoms. The Hall–Kier alpha value is -2.36. The van der Waals surface area contributed by atoms with Crippen LogP contribution in [0.2, 0.25) is 0 Å². The van der Waals surface area contributed by atoms with Crippen molar-refractivity contribution in [2.75, 3.05) is 23.9 Å². The average Bonchev–Trinajstić information content (AvgIpc) is 2.62. The minimum Gasteiger partial charge on any atom is -0.325 e. The molecule has 0 aliphatic carbocycles. The second-order valence-corrected chi connectivity index (χ2v) is 8.02. The number of sulfonamides is 1. The predicted molar refractivity (Wildman–Crippen MR) is 103 cm³/mol. The molecular weight excluding hydrogens is 374 g/mol. The van der Waals surface area contributed by atoms with Crippen LogP contribution < -0.4 is 15.4 Å². The Morgan fingerprint density at radius 2 is 1.65 bits per heavy atom. The summed E-state index contributed by atoms with van der Waals surface area (Å²) in [6.07, 6.45) is 1.85. The SMILES string of the molecule is CNS(=O)(=O)c1ccc(NC(=O)c2ccc(NC(C)=O)c(SC)c2)cc1. The smallest absolute Gasteiger partial charge is 0.255 e. The lowest BCUT2D eigenvalue weighted by Crippen LogP contribution is -2.18. The number of hydrogen-bond donors (Lipinski definition) is 3. The second-order valence-electron chi connectivity index (χ2n) is 5.28. The van der Waals surface area contributed by atoms with Crippen molar-refractivity contribution < 1.29 is 18.0 Å². The van der Waals surface area contributed by atoms with Gasteiger partial charge in [0.2, 0.25) is 15.9 Å². The minimum atomic E-state index is -3.52. The zero-order valence-corrected chi connectivity index (χ0v) is 16.1. The number of carbonyl (C=O) groups excluding carboxylic acids is 2. The van der Waals surface area contributed by atoms with Crippen molar-refractivity contribution in [3.05, 3.63) is 48.0 Å². The maximum atomic E-state index is 12.4. The summed E-state index contributed by atoms with van der Waals surface area (Å²) in [4.78, 5) is 24.5. The molecule has 0 saturated carbocycles. The molecule has 0 atom stereocenters. The van der Waals surface area contributed by atoms with Crippen LogP contribution in [0.3, 0.4) is 0 Å². The van der Waals surface area contributed by atoms with Crippen LogP contribution in [0.15, 0.2) is 52.3 Å². The Morgan fingerprint density at radius 3 is 2.19 bits per heavy atom. The van der Waals surface area contributed by atoms with Gasteiger partial charge >= 0.3 is 0 Å². The minimum absolute atomic E-state index is 0.113. The van der Waals surface area contributed by atoms with Crippen LogP contribution in [0.5, 0.6) is 0 Å². The van der Waals surface area contributed by atoms with E-state index in [1.54, 1.807) is 18.2 Å². The molecular formula is C17H19N3O4S2. The molecule has 0 bridgehead atoms. The fourth-order valence-electron chi connectivity index (χ4n) is 2.16. The Kier molecular flexibility index (Phi) is 6.41. The molecule has 0 aromatic heterocycles. The fourth-order valence-corrected chi connectivity index (χ4v) is 3.48. The van der Waals surface area contributed by atoms with Crippen molar-refractivity contribution in [2.45, 2.75) is 16.7 Å². The summed E-state index contributed by atoms with van der Waals surface area (Å²) in [5.41, 5.74) is 1.54. The van der Waals surface area contributed by atoms with Gasteiger partial charge < -0.3 is 10.6 Å². The van der Waals surface area contributed by atoms with Crippen molar-refractivity contribution in [1.82, 2.24) is 4.72 Å². The molecule has 0 fully saturated rings. The summed E-state index contributed by atoms with van der Waals surface area (Å²) in [6, 6.07) is 10.8. The van der Waals surface area contributed by atoms with Crippen molar-refractivity contribution >= 4 is 45.0 Å². The first-order valence-corrected chi connectivity index (χ1v) is 10.3. The molecule has 7 nitrogen and oxygen atoms in total. The Morgan fingerprint density at radius 1 is 1.00 bits per heavy atom. The van der Waals surface area contributed by atoms with E-state index in [1.807, 2.05) is 6.26 Å². The van der Waals surface area contributed by atoms with Crippen molar-refractivity contribution in [3.8, 4) is 0 Å². The molecule has 138 valence electrons. The average molecular weight is 393 g/mol. The Balaban J connectivity index is 2.18. The van der Waals surface area contributed by atoms with Crippen LogP contribution in [-0.2, 0) is 14.8 Å². The summed E-state index contributed by atoms with van der Waals surface area (Å²) in [7, 11) is -2.19. The first-order valence-electron chi connectivity index (χ1n) is 7.57. The highest BCUT2D eigenvalue weighted by Crippen LogP contribution is 2.27. The number of rotatable bonds is 6. The first-order chi connectivity index (χ1) is 12.3. The van der Waals surface area contributed by atoms with Gasteiger partial charge in [0.1, 0.15) is 0 Å². The van der Waals surface area contributed by atoms with E-state index in [9.17, 15) is 18.0 Å². The molecule has 2 rings (SSSR count). The van der Waals surface area contributed by atoms with Crippen molar-refractivity contribution in [2.24, 2.45) is 0 Å². The quantitative estimate of drug-likeness (QED) is 0.654. The Bertz CT molecular complexity index is 926. The highest BCUT2D eigenvalue weighted by atomic mass is 32.2. The van der Waals surface area contributed by atoms with Crippen LogP contribution in [-0.4, -0.2) is 33.5 Å². The van der Waals surface area contributed by atoms with E-state index >= 15 is 0 Å². The molecule has 0 radical (unpaired) electrons. The number of thioether (sulfide) groups is 1. The predicted octanol–water partition coefficient (Wildman–Crippen LogP) is 2.53. The summed E-state index contributed by atoms with van der Waals surface area (Å²) < 4.78 is 25.6. The van der Waals surface area contributed by atoms with Crippen molar-refractivity contribution in [1.29, 1.82) is 0 Å². The van der Waals surface area contributed by atoms with Gasteiger partial charge in [0.25, 0.3) is 5.91 Å². The summed E-state index contributed by atoms with van der Waals surface area (Å²) >= 11 is 1.41. The highest BCUT2D eigenvalue weighted by molar-refractivity contribution is 7.98. The van der Waals surface area contributed by atoms with Gasteiger partial charge in [0.05, 0.1) is 10.6 Å². The van der Waals surface area contributed by atoms with E-state index < -0.39 is 10.0 Å². The van der Waals surface area contributed by atoms with Crippen LogP contribution in [0, 0.1) is 0 Å². The molecule has 0 aliphatic heterocycles. The van der Waals surface area contributed by atoms with E-state index in [0.717, 1.165) is 4.90 Å². The molecule has 3 N–H and O–H groups in total. The zero-order valence-electron chi connectivity index (χ0n) is 14.5. The van der Waals surface area contributed by atoms with Gasteiger partial charge in [-0.2, -0.15) is 0 Å². The Labute approximate surface area is 156 Å². The molecule has 0 aliphatic rings. The van der Waals surface area contributed by atoms with E-state index in [4.69, 9.17) is 0 Å².